The Kier molecular flexibility index (Phi) is 9.96. The summed E-state index contributed by atoms with van der Waals surface area (Å²) in [4.78, 5) is 45.8. The van der Waals surface area contributed by atoms with Crippen molar-refractivity contribution in [2.75, 3.05) is 57.4 Å². The molecule has 5 atom stereocenters. The molecule has 2 aromatic heterocycles. The van der Waals surface area contributed by atoms with Crippen molar-refractivity contribution in [3.05, 3.63) is 47.7 Å². The molecule has 0 aliphatic carbocycles. The molecular weight excluding hydrogens is 758 g/mol. The second kappa shape index (κ2) is 15.0. The maximum absolute atomic E-state index is 17.5. The highest BCUT2D eigenvalue weighted by Gasteiger charge is 2.49. The van der Waals surface area contributed by atoms with E-state index in [1.807, 2.05) is 0 Å². The van der Waals surface area contributed by atoms with E-state index in [0.29, 0.717) is 36.3 Å². The zero-order valence-corrected chi connectivity index (χ0v) is 32.7. The quantitative estimate of drug-likeness (QED) is 0.211. The zero-order chi connectivity index (χ0) is 40.3. The van der Waals surface area contributed by atoms with Gasteiger partial charge in [-0.05, 0) is 92.4 Å². The second-order valence-corrected chi connectivity index (χ2v) is 17.1. The topological polar surface area (TPSA) is 122 Å². The molecule has 6 aliphatic heterocycles. The van der Waals surface area contributed by atoms with Crippen LogP contribution < -0.4 is 19.7 Å². The number of nitrogens with one attached hydrogen (secondary N) is 1. The SMILES string of the molecule is C[C@@H]1CCCN(C(=O)Oc2cc3c4c(c(F)ccc4c2)CCCOC(=O)N[C@]2(C)C[C@@H](F)CN(C2)c2nc(OC[C@@]45CCCN4C[C@H](F)C5)nc4c(F)c-3ncc24)C1. The number of piperidine rings is 2. The highest BCUT2D eigenvalue weighted by Crippen LogP contribution is 2.43. The van der Waals surface area contributed by atoms with Gasteiger partial charge in [0.05, 0.1) is 29.6 Å². The van der Waals surface area contributed by atoms with E-state index in [0.717, 1.165) is 32.2 Å². The van der Waals surface area contributed by atoms with Crippen LogP contribution in [0.5, 0.6) is 11.8 Å². The molecule has 2 aromatic carbocycles. The molecule has 6 aliphatic rings. The highest BCUT2D eigenvalue weighted by molar-refractivity contribution is 6.02. The van der Waals surface area contributed by atoms with Gasteiger partial charge in [-0.1, -0.05) is 13.0 Å². The summed E-state index contributed by atoms with van der Waals surface area (Å²) in [5.41, 5.74) is -1.67. The summed E-state index contributed by atoms with van der Waals surface area (Å²) in [6.45, 7) is 5.83. The number of pyridine rings is 1. The molecule has 308 valence electrons. The van der Waals surface area contributed by atoms with Gasteiger partial charge in [0.25, 0.3) is 0 Å². The molecule has 4 aromatic rings. The number of aromatic nitrogens is 3. The van der Waals surface area contributed by atoms with Crippen LogP contribution in [0, 0.1) is 17.6 Å². The average Bonchev–Trinajstić information content (AvgIpc) is 3.71. The van der Waals surface area contributed by atoms with Crippen molar-refractivity contribution in [2.24, 2.45) is 5.92 Å². The number of halogens is 4. The molecular formula is C42H47F4N7O5. The monoisotopic (exact) mass is 805 g/mol. The average molecular weight is 806 g/mol. The number of fused-ring (bicyclic) bond motifs is 7. The Balaban J connectivity index is 1.21. The van der Waals surface area contributed by atoms with Crippen molar-refractivity contribution >= 4 is 39.7 Å². The van der Waals surface area contributed by atoms with Crippen LogP contribution in [0.2, 0.25) is 0 Å². The maximum Gasteiger partial charge on any atom is 0.415 e. The van der Waals surface area contributed by atoms with E-state index in [4.69, 9.17) is 19.2 Å². The molecule has 0 spiro atoms. The third kappa shape index (κ3) is 7.21. The van der Waals surface area contributed by atoms with Crippen LogP contribution in [0.25, 0.3) is 32.9 Å². The molecule has 0 unspecified atom stereocenters. The van der Waals surface area contributed by atoms with E-state index in [1.165, 1.54) is 24.4 Å². The number of anilines is 1. The number of carbonyl (C=O) groups excluding carboxylic acids is 2. The van der Waals surface area contributed by atoms with Crippen molar-refractivity contribution in [1.29, 1.82) is 0 Å². The highest BCUT2D eigenvalue weighted by atomic mass is 19.1. The lowest BCUT2D eigenvalue weighted by Crippen LogP contribution is -2.60. The van der Waals surface area contributed by atoms with Gasteiger partial charge in [0.1, 0.15) is 47.5 Å². The molecule has 58 heavy (non-hydrogen) atoms. The number of nitrogens with zero attached hydrogens (tertiary/aromatic N) is 6. The minimum atomic E-state index is -1.41. The number of amides is 2. The molecule has 6 bridgehead atoms. The predicted octanol–water partition coefficient (Wildman–Crippen LogP) is 7.29. The molecule has 12 nitrogen and oxygen atoms in total. The van der Waals surface area contributed by atoms with Crippen LogP contribution in [0.4, 0.5) is 33.0 Å². The number of benzene rings is 2. The zero-order valence-electron chi connectivity index (χ0n) is 32.7. The largest absolute Gasteiger partial charge is 0.461 e. The third-order valence-electron chi connectivity index (χ3n) is 12.5. The van der Waals surface area contributed by atoms with E-state index >= 15 is 13.2 Å². The number of alkyl carbamates (subject to hydrolysis) is 1. The number of carbonyl (C=O) groups is 2. The minimum absolute atomic E-state index is 0.0172. The van der Waals surface area contributed by atoms with E-state index in [2.05, 4.69) is 27.1 Å². The van der Waals surface area contributed by atoms with Crippen LogP contribution in [0.3, 0.4) is 0 Å². The number of hydrogen-bond acceptors (Lipinski definition) is 10. The number of hydrogen-bond donors (Lipinski definition) is 1. The Labute approximate surface area is 333 Å². The molecule has 4 fully saturated rings. The lowest BCUT2D eigenvalue weighted by molar-refractivity contribution is 0.107. The maximum atomic E-state index is 17.5. The van der Waals surface area contributed by atoms with Crippen molar-refractivity contribution < 1.29 is 41.4 Å². The van der Waals surface area contributed by atoms with Crippen molar-refractivity contribution in [3.8, 4) is 23.0 Å². The summed E-state index contributed by atoms with van der Waals surface area (Å²) >= 11 is 0. The van der Waals surface area contributed by atoms with Crippen molar-refractivity contribution in [3.63, 3.8) is 0 Å². The van der Waals surface area contributed by atoms with Gasteiger partial charge in [-0.15, -0.1) is 0 Å². The van der Waals surface area contributed by atoms with Crippen LogP contribution in [-0.2, 0) is 11.2 Å². The van der Waals surface area contributed by atoms with Gasteiger partial charge < -0.3 is 29.3 Å². The molecule has 0 radical (unpaired) electrons. The Morgan fingerprint density at radius 2 is 1.90 bits per heavy atom. The van der Waals surface area contributed by atoms with Gasteiger partial charge in [-0.25, -0.2) is 27.2 Å². The van der Waals surface area contributed by atoms with Gasteiger partial charge in [-0.3, -0.25) is 9.88 Å². The number of aryl methyl sites for hydroxylation is 1. The first kappa shape index (κ1) is 38.5. The smallest absolute Gasteiger partial charge is 0.415 e. The molecule has 1 N–H and O–H groups in total. The van der Waals surface area contributed by atoms with Crippen LogP contribution in [0.1, 0.15) is 64.4 Å². The Hall–Kier alpha value is -4.99. The molecule has 4 saturated heterocycles. The summed E-state index contributed by atoms with van der Waals surface area (Å²) in [6, 6.07) is 5.74. The van der Waals surface area contributed by atoms with Gasteiger partial charge in [0.2, 0.25) is 0 Å². The summed E-state index contributed by atoms with van der Waals surface area (Å²) in [7, 11) is 0. The van der Waals surface area contributed by atoms with E-state index in [-0.39, 0.29) is 97.3 Å². The van der Waals surface area contributed by atoms with Gasteiger partial charge >= 0.3 is 18.2 Å². The normalized spacial score (nSPS) is 27.8. The fourth-order valence-electron chi connectivity index (χ4n) is 9.95. The predicted molar refractivity (Wildman–Crippen MR) is 208 cm³/mol. The lowest BCUT2D eigenvalue weighted by atomic mass is 9.90. The van der Waals surface area contributed by atoms with Crippen LogP contribution >= 0.6 is 0 Å². The minimum Gasteiger partial charge on any atom is -0.461 e. The van der Waals surface area contributed by atoms with Gasteiger partial charge in [0, 0.05) is 50.8 Å². The first-order chi connectivity index (χ1) is 27.9. The van der Waals surface area contributed by atoms with Gasteiger partial charge in [0.15, 0.2) is 5.82 Å². The van der Waals surface area contributed by atoms with Crippen LogP contribution in [0.15, 0.2) is 30.5 Å². The molecule has 0 saturated carbocycles. The Morgan fingerprint density at radius 1 is 1.05 bits per heavy atom. The molecule has 16 heteroatoms. The number of alkyl halides is 2. The van der Waals surface area contributed by atoms with E-state index < -0.39 is 47.2 Å². The fraction of sp³-hybridized carbons (Fsp3) is 0.548. The molecule has 2 amide bonds. The lowest BCUT2D eigenvalue weighted by Gasteiger charge is -2.42. The summed E-state index contributed by atoms with van der Waals surface area (Å²) in [5, 5.41) is 3.78. The summed E-state index contributed by atoms with van der Waals surface area (Å²) in [5.74, 6) is -0.876. The van der Waals surface area contributed by atoms with Gasteiger partial charge in [-0.2, -0.15) is 9.97 Å². The van der Waals surface area contributed by atoms with E-state index in [1.54, 1.807) is 22.8 Å². The first-order valence-electron chi connectivity index (χ1n) is 20.3. The Morgan fingerprint density at radius 3 is 2.74 bits per heavy atom. The fourth-order valence-corrected chi connectivity index (χ4v) is 9.95. The van der Waals surface area contributed by atoms with Crippen molar-refractivity contribution in [2.45, 2.75) is 88.6 Å². The molecule has 8 heterocycles. The van der Waals surface area contributed by atoms with E-state index in [9.17, 15) is 14.0 Å². The standard InChI is InChI=1S/C42H47F4N7O5/c1-24-6-3-11-51(19-24)40(55)58-28-14-25-8-9-32(45)29-7-4-13-56-39(54)50-41(2)16-26(43)20-52(22-41)37-31-18-47-35(30(15-28)33(25)29)34(46)36(31)48-38(49-37)57-23-42-10-5-12-53(42)21-27(44)17-42/h8-9,14-15,18,24,26-27H,3-7,10-13,16-17,19-23H2,1-2H3,(H,50,54)/t24-,26-,27-,41-,42+/m1/s1. The third-order valence-corrected chi connectivity index (χ3v) is 12.5. The molecule has 10 rings (SSSR count). The number of likely N-dealkylation sites (tertiary alicyclic amines) is 1. The summed E-state index contributed by atoms with van der Waals surface area (Å²) < 4.78 is 81.5. The van der Waals surface area contributed by atoms with Crippen LogP contribution in [-0.4, -0.2) is 113 Å². The second-order valence-electron chi connectivity index (χ2n) is 17.1. The van der Waals surface area contributed by atoms with Crippen molar-refractivity contribution in [1.82, 2.24) is 30.1 Å². The first-order valence-corrected chi connectivity index (χ1v) is 20.3. The summed E-state index contributed by atoms with van der Waals surface area (Å²) in [6.07, 6.45) is 1.69. The number of rotatable bonds is 4. The Bertz CT molecular complexity index is 2280. The number of ether oxygens (including phenoxy) is 3.